The van der Waals surface area contributed by atoms with E-state index in [2.05, 4.69) is 10.6 Å². The number of anilines is 1. The molecule has 2 aliphatic heterocycles. The maximum atomic E-state index is 13.7. The number of likely N-dealkylation sites (N-methyl/N-ethyl adjacent to an activating group) is 1. The topological polar surface area (TPSA) is 81.8 Å². The Bertz CT molecular complexity index is 1190. The summed E-state index contributed by atoms with van der Waals surface area (Å²) in [5.41, 5.74) is -0.394. The molecule has 0 spiro atoms. The van der Waals surface area contributed by atoms with Gasteiger partial charge >= 0.3 is 12.2 Å². The summed E-state index contributed by atoms with van der Waals surface area (Å²) in [7, 11) is 0. The zero-order valence-corrected chi connectivity index (χ0v) is 18.7. The van der Waals surface area contributed by atoms with Gasteiger partial charge in [0.05, 0.1) is 29.4 Å². The molecule has 2 aliphatic rings. The average molecular weight is 490 g/mol. The van der Waals surface area contributed by atoms with Crippen LogP contribution in [0, 0.1) is 5.82 Å². The molecular weight excluding hydrogens is 468 g/mol. The molecule has 7 nitrogen and oxygen atoms in total. The first-order valence-corrected chi connectivity index (χ1v) is 10.9. The van der Waals surface area contributed by atoms with Crippen LogP contribution in [-0.2, 0) is 15.8 Å². The fourth-order valence-corrected chi connectivity index (χ4v) is 4.30. The van der Waals surface area contributed by atoms with E-state index >= 15 is 0 Å². The minimum absolute atomic E-state index is 0.00998. The van der Waals surface area contributed by atoms with Crippen LogP contribution in [0.15, 0.2) is 59.8 Å². The molecule has 0 aliphatic carbocycles. The highest BCUT2D eigenvalue weighted by atomic mass is 19.4. The van der Waals surface area contributed by atoms with E-state index in [1.54, 1.807) is 6.92 Å². The molecule has 1 atom stereocenters. The standard InChI is InChI=1S/C24H22F4N4O3/c1-2-32-18-13-31(12-11-19(33)29-15-9-7-14(25)8-10-15)22(34)20(18)21(30-23(32)35)16-5-3-4-6-17(16)24(26,27)28/h3-10,21H,2,11-13H2,1H3,(H,29,33)(H,30,35)/t21-/m0/s1. The van der Waals surface area contributed by atoms with Gasteiger partial charge in [-0.1, -0.05) is 18.2 Å². The van der Waals surface area contributed by atoms with Crippen molar-refractivity contribution in [1.29, 1.82) is 0 Å². The van der Waals surface area contributed by atoms with Crippen LogP contribution in [0.5, 0.6) is 0 Å². The maximum Gasteiger partial charge on any atom is 0.416 e. The van der Waals surface area contributed by atoms with Crippen molar-refractivity contribution in [3.63, 3.8) is 0 Å². The van der Waals surface area contributed by atoms with Gasteiger partial charge in [0.15, 0.2) is 0 Å². The highest BCUT2D eigenvalue weighted by Crippen LogP contribution is 2.41. The molecule has 0 saturated heterocycles. The number of carbonyl (C=O) groups excluding carboxylic acids is 3. The SMILES string of the molecule is CCN1C(=O)N[C@@H](c2ccccc2C(F)(F)F)C2=C1CN(CCC(=O)Nc1ccc(F)cc1)C2=O. The highest BCUT2D eigenvalue weighted by Gasteiger charge is 2.46. The Balaban J connectivity index is 1.56. The van der Waals surface area contributed by atoms with E-state index in [1.165, 1.54) is 52.3 Å². The molecule has 4 rings (SSSR count). The van der Waals surface area contributed by atoms with Crippen molar-refractivity contribution in [1.82, 2.24) is 15.1 Å². The summed E-state index contributed by atoms with van der Waals surface area (Å²) in [4.78, 5) is 41.0. The molecule has 0 saturated carbocycles. The summed E-state index contributed by atoms with van der Waals surface area (Å²) in [6, 6.07) is 8.12. The van der Waals surface area contributed by atoms with E-state index in [0.29, 0.717) is 11.4 Å². The number of amides is 4. The molecule has 0 aromatic heterocycles. The number of carbonyl (C=O) groups is 3. The molecule has 0 unspecified atom stereocenters. The predicted molar refractivity (Wildman–Crippen MR) is 118 cm³/mol. The van der Waals surface area contributed by atoms with Gasteiger partial charge in [-0.3, -0.25) is 14.5 Å². The molecule has 2 aromatic carbocycles. The third-order valence-electron chi connectivity index (χ3n) is 5.93. The summed E-state index contributed by atoms with van der Waals surface area (Å²) < 4.78 is 54.1. The van der Waals surface area contributed by atoms with Crippen molar-refractivity contribution in [2.75, 3.05) is 25.0 Å². The van der Waals surface area contributed by atoms with Crippen LogP contribution in [-0.4, -0.2) is 47.3 Å². The molecule has 2 heterocycles. The Morgan fingerprint density at radius 2 is 1.80 bits per heavy atom. The zero-order chi connectivity index (χ0) is 25.3. The van der Waals surface area contributed by atoms with Gasteiger partial charge in [-0.2, -0.15) is 13.2 Å². The van der Waals surface area contributed by atoms with Crippen LogP contribution in [0.3, 0.4) is 0 Å². The lowest BCUT2D eigenvalue weighted by atomic mass is 9.91. The van der Waals surface area contributed by atoms with Crippen molar-refractivity contribution >= 4 is 23.5 Å². The number of hydrogen-bond donors (Lipinski definition) is 2. The third kappa shape index (κ3) is 4.84. The van der Waals surface area contributed by atoms with E-state index in [4.69, 9.17) is 0 Å². The van der Waals surface area contributed by atoms with Crippen LogP contribution in [0.2, 0.25) is 0 Å². The molecular formula is C24H22F4N4O3. The van der Waals surface area contributed by atoms with Crippen LogP contribution >= 0.6 is 0 Å². The van der Waals surface area contributed by atoms with Crippen LogP contribution in [0.4, 0.5) is 28.0 Å². The Hall–Kier alpha value is -3.89. The summed E-state index contributed by atoms with van der Waals surface area (Å²) >= 11 is 0. The first-order valence-electron chi connectivity index (χ1n) is 10.9. The Morgan fingerprint density at radius 1 is 1.11 bits per heavy atom. The number of rotatable bonds is 6. The monoisotopic (exact) mass is 490 g/mol. The second kappa shape index (κ2) is 9.40. The molecule has 0 bridgehead atoms. The largest absolute Gasteiger partial charge is 0.416 e. The quantitative estimate of drug-likeness (QED) is 0.600. The van der Waals surface area contributed by atoms with Crippen LogP contribution in [0.1, 0.15) is 30.5 Å². The van der Waals surface area contributed by atoms with Gasteiger partial charge in [0.2, 0.25) is 5.91 Å². The lowest BCUT2D eigenvalue weighted by molar-refractivity contribution is -0.138. The second-order valence-corrected chi connectivity index (χ2v) is 8.10. The maximum absolute atomic E-state index is 13.7. The minimum atomic E-state index is -4.68. The zero-order valence-electron chi connectivity index (χ0n) is 18.7. The first kappa shape index (κ1) is 24.2. The molecule has 0 fully saturated rings. The fourth-order valence-electron chi connectivity index (χ4n) is 4.30. The molecule has 35 heavy (non-hydrogen) atoms. The van der Waals surface area contributed by atoms with Gasteiger partial charge in [0.25, 0.3) is 5.91 Å². The summed E-state index contributed by atoms with van der Waals surface area (Å²) in [6.07, 6.45) is -4.77. The van der Waals surface area contributed by atoms with E-state index in [1.807, 2.05) is 0 Å². The number of urea groups is 1. The van der Waals surface area contributed by atoms with Gasteiger partial charge in [-0.15, -0.1) is 0 Å². The van der Waals surface area contributed by atoms with Crippen molar-refractivity contribution in [3.8, 4) is 0 Å². The fraction of sp³-hybridized carbons (Fsp3) is 0.292. The van der Waals surface area contributed by atoms with Gasteiger partial charge in [0.1, 0.15) is 5.82 Å². The number of halogens is 4. The number of alkyl halides is 3. The Kier molecular flexibility index (Phi) is 6.51. The van der Waals surface area contributed by atoms with Crippen molar-refractivity contribution in [2.45, 2.75) is 25.6 Å². The first-order chi connectivity index (χ1) is 16.6. The van der Waals surface area contributed by atoms with Crippen LogP contribution in [0.25, 0.3) is 0 Å². The van der Waals surface area contributed by atoms with Crippen molar-refractivity contribution < 1.29 is 31.9 Å². The molecule has 4 amide bonds. The predicted octanol–water partition coefficient (Wildman–Crippen LogP) is 4.06. The molecule has 11 heteroatoms. The Morgan fingerprint density at radius 3 is 2.46 bits per heavy atom. The number of nitrogens with one attached hydrogen (secondary N) is 2. The van der Waals surface area contributed by atoms with Crippen LogP contribution < -0.4 is 10.6 Å². The Labute approximate surface area is 198 Å². The summed E-state index contributed by atoms with van der Waals surface area (Å²) in [5.74, 6) is -1.42. The summed E-state index contributed by atoms with van der Waals surface area (Å²) in [6.45, 7) is 1.88. The van der Waals surface area contributed by atoms with Crippen molar-refractivity contribution in [3.05, 3.63) is 76.7 Å². The van der Waals surface area contributed by atoms with Gasteiger partial charge in [-0.25, -0.2) is 9.18 Å². The number of benzene rings is 2. The smallest absolute Gasteiger partial charge is 0.332 e. The van der Waals surface area contributed by atoms with Crippen molar-refractivity contribution in [2.24, 2.45) is 0 Å². The van der Waals surface area contributed by atoms with E-state index in [9.17, 15) is 31.9 Å². The average Bonchev–Trinajstić information content (AvgIpc) is 3.14. The molecule has 184 valence electrons. The van der Waals surface area contributed by atoms with Gasteiger partial charge < -0.3 is 15.5 Å². The highest BCUT2D eigenvalue weighted by molar-refractivity contribution is 6.02. The van der Waals surface area contributed by atoms with E-state index in [0.717, 1.165) is 6.07 Å². The molecule has 2 N–H and O–H groups in total. The summed E-state index contributed by atoms with van der Waals surface area (Å²) in [5, 5.41) is 5.14. The molecule has 2 aromatic rings. The van der Waals surface area contributed by atoms with Gasteiger partial charge in [-0.05, 0) is 42.8 Å². The van der Waals surface area contributed by atoms with E-state index in [-0.39, 0.29) is 37.2 Å². The molecule has 0 radical (unpaired) electrons. The minimum Gasteiger partial charge on any atom is -0.332 e. The second-order valence-electron chi connectivity index (χ2n) is 8.10. The van der Waals surface area contributed by atoms with E-state index < -0.39 is 41.4 Å². The number of nitrogens with zero attached hydrogens (tertiary/aromatic N) is 2. The van der Waals surface area contributed by atoms with Gasteiger partial charge in [0, 0.05) is 25.2 Å². The third-order valence-corrected chi connectivity index (χ3v) is 5.93. The lowest BCUT2D eigenvalue weighted by Crippen LogP contribution is -2.47. The number of hydrogen-bond acceptors (Lipinski definition) is 3. The lowest BCUT2D eigenvalue weighted by Gasteiger charge is -2.33. The normalized spacial score (nSPS) is 18.0.